The largest absolute Gasteiger partial charge is 0.497 e. The SMILES string of the molecule is COc1ccc(-n2cc(C(=O)N/N=C\c3ccc(C#N)cc3)cn2)cc1. The first-order chi connectivity index (χ1) is 12.7. The maximum absolute atomic E-state index is 12.1. The third-order valence-electron chi connectivity index (χ3n) is 3.60. The van der Waals surface area contributed by atoms with Crippen molar-refractivity contribution < 1.29 is 9.53 Å². The Bertz CT molecular complexity index is 966. The Morgan fingerprint density at radius 3 is 2.62 bits per heavy atom. The van der Waals surface area contributed by atoms with Gasteiger partial charge in [0.05, 0.1) is 42.4 Å². The second kappa shape index (κ2) is 7.77. The summed E-state index contributed by atoms with van der Waals surface area (Å²) in [4.78, 5) is 12.1. The molecule has 2 aromatic carbocycles. The van der Waals surface area contributed by atoms with Crippen LogP contribution in [0.4, 0.5) is 0 Å². The highest BCUT2D eigenvalue weighted by Crippen LogP contribution is 2.14. The van der Waals surface area contributed by atoms with E-state index in [2.05, 4.69) is 15.6 Å². The molecule has 1 heterocycles. The van der Waals surface area contributed by atoms with Gasteiger partial charge in [-0.05, 0) is 42.0 Å². The number of nitrogens with one attached hydrogen (secondary N) is 1. The van der Waals surface area contributed by atoms with Gasteiger partial charge in [-0.1, -0.05) is 12.1 Å². The zero-order valence-corrected chi connectivity index (χ0v) is 14.0. The van der Waals surface area contributed by atoms with Gasteiger partial charge < -0.3 is 4.74 Å². The van der Waals surface area contributed by atoms with Crippen LogP contribution in [-0.4, -0.2) is 29.0 Å². The quantitative estimate of drug-likeness (QED) is 0.568. The summed E-state index contributed by atoms with van der Waals surface area (Å²) in [5.41, 5.74) is 4.99. The molecule has 1 aromatic heterocycles. The Labute approximate surface area is 150 Å². The second-order valence-electron chi connectivity index (χ2n) is 5.30. The first kappa shape index (κ1) is 16.9. The molecule has 0 aliphatic rings. The van der Waals surface area contributed by atoms with Crippen molar-refractivity contribution >= 4 is 12.1 Å². The molecule has 0 bridgehead atoms. The molecule has 0 fully saturated rings. The fourth-order valence-corrected chi connectivity index (χ4v) is 2.19. The van der Waals surface area contributed by atoms with Crippen LogP contribution in [0, 0.1) is 11.3 Å². The molecule has 3 rings (SSSR count). The number of aromatic nitrogens is 2. The van der Waals surface area contributed by atoms with E-state index in [1.165, 1.54) is 12.4 Å². The molecule has 0 saturated carbocycles. The number of benzene rings is 2. The second-order valence-corrected chi connectivity index (χ2v) is 5.30. The van der Waals surface area contributed by atoms with Gasteiger partial charge >= 0.3 is 0 Å². The van der Waals surface area contributed by atoms with Gasteiger partial charge in [0.2, 0.25) is 0 Å². The molecule has 1 N–H and O–H groups in total. The summed E-state index contributed by atoms with van der Waals surface area (Å²) >= 11 is 0. The van der Waals surface area contributed by atoms with Gasteiger partial charge in [-0.25, -0.2) is 10.1 Å². The van der Waals surface area contributed by atoms with Gasteiger partial charge in [-0.3, -0.25) is 4.79 Å². The molecular formula is C19H15N5O2. The average molecular weight is 345 g/mol. The summed E-state index contributed by atoms with van der Waals surface area (Å²) in [5.74, 6) is 0.380. The van der Waals surface area contributed by atoms with Crippen LogP contribution in [0.3, 0.4) is 0 Å². The number of ether oxygens (including phenoxy) is 1. The minimum absolute atomic E-state index is 0.366. The lowest BCUT2D eigenvalue weighted by Crippen LogP contribution is -2.16. The van der Waals surface area contributed by atoms with E-state index in [1.54, 1.807) is 42.3 Å². The number of hydrazone groups is 1. The monoisotopic (exact) mass is 345 g/mol. The Balaban J connectivity index is 1.63. The predicted octanol–water partition coefficient (Wildman–Crippen LogP) is 2.52. The molecule has 0 radical (unpaired) electrons. The van der Waals surface area contributed by atoms with Crippen molar-refractivity contribution in [2.24, 2.45) is 5.10 Å². The van der Waals surface area contributed by atoms with E-state index in [1.807, 2.05) is 30.3 Å². The minimum atomic E-state index is -0.366. The molecule has 26 heavy (non-hydrogen) atoms. The zero-order valence-electron chi connectivity index (χ0n) is 14.0. The number of carbonyl (C=O) groups is 1. The third kappa shape index (κ3) is 3.94. The van der Waals surface area contributed by atoms with E-state index in [0.29, 0.717) is 11.1 Å². The van der Waals surface area contributed by atoms with Crippen LogP contribution >= 0.6 is 0 Å². The standard InChI is InChI=1S/C19H15N5O2/c1-26-18-8-6-17(7-9-18)24-13-16(12-22-24)19(25)23-21-11-15-4-2-14(10-20)3-5-15/h2-9,11-13H,1H3,(H,23,25)/b21-11-. The summed E-state index contributed by atoms with van der Waals surface area (Å²) < 4.78 is 6.71. The summed E-state index contributed by atoms with van der Waals surface area (Å²) in [7, 11) is 1.60. The summed E-state index contributed by atoms with van der Waals surface area (Å²) in [6.07, 6.45) is 4.60. The summed E-state index contributed by atoms with van der Waals surface area (Å²) in [6, 6.07) is 16.2. The molecule has 0 spiro atoms. The van der Waals surface area contributed by atoms with Crippen LogP contribution in [0.25, 0.3) is 5.69 Å². The topological polar surface area (TPSA) is 92.3 Å². The van der Waals surface area contributed by atoms with Crippen molar-refractivity contribution in [3.8, 4) is 17.5 Å². The van der Waals surface area contributed by atoms with Crippen LogP contribution in [0.15, 0.2) is 66.0 Å². The average Bonchev–Trinajstić information content (AvgIpc) is 3.19. The van der Waals surface area contributed by atoms with Crippen molar-refractivity contribution in [1.82, 2.24) is 15.2 Å². The van der Waals surface area contributed by atoms with Crippen molar-refractivity contribution in [2.75, 3.05) is 7.11 Å². The number of carbonyl (C=O) groups excluding carboxylic acids is 1. The first-order valence-electron chi connectivity index (χ1n) is 7.72. The number of methoxy groups -OCH3 is 1. The van der Waals surface area contributed by atoms with Crippen LogP contribution < -0.4 is 10.2 Å². The number of rotatable bonds is 5. The van der Waals surface area contributed by atoms with E-state index in [0.717, 1.165) is 17.0 Å². The maximum atomic E-state index is 12.1. The van der Waals surface area contributed by atoms with Gasteiger partial charge in [-0.15, -0.1) is 0 Å². The van der Waals surface area contributed by atoms with Gasteiger partial charge in [0.15, 0.2) is 0 Å². The fourth-order valence-electron chi connectivity index (χ4n) is 2.19. The Kier molecular flexibility index (Phi) is 5.05. The zero-order chi connectivity index (χ0) is 18.4. The molecule has 0 aliphatic carbocycles. The Hall–Kier alpha value is -3.92. The minimum Gasteiger partial charge on any atom is -0.497 e. The molecule has 0 saturated heterocycles. The van der Waals surface area contributed by atoms with Crippen molar-refractivity contribution in [1.29, 1.82) is 5.26 Å². The van der Waals surface area contributed by atoms with Crippen LogP contribution in [0.2, 0.25) is 0 Å². The summed E-state index contributed by atoms with van der Waals surface area (Å²) in [5, 5.41) is 16.9. The fraction of sp³-hybridized carbons (Fsp3) is 0.0526. The Morgan fingerprint density at radius 1 is 1.23 bits per heavy atom. The van der Waals surface area contributed by atoms with E-state index < -0.39 is 0 Å². The molecule has 7 heteroatoms. The molecule has 0 unspecified atom stereocenters. The highest BCUT2D eigenvalue weighted by Gasteiger charge is 2.08. The molecule has 0 atom stereocenters. The molecule has 3 aromatic rings. The molecule has 7 nitrogen and oxygen atoms in total. The lowest BCUT2D eigenvalue weighted by molar-refractivity contribution is 0.0955. The van der Waals surface area contributed by atoms with Gasteiger partial charge in [0.25, 0.3) is 5.91 Å². The Morgan fingerprint density at radius 2 is 1.96 bits per heavy atom. The van der Waals surface area contributed by atoms with Crippen LogP contribution in [0.1, 0.15) is 21.5 Å². The lowest BCUT2D eigenvalue weighted by Gasteiger charge is -2.02. The maximum Gasteiger partial charge on any atom is 0.274 e. The van der Waals surface area contributed by atoms with E-state index in [-0.39, 0.29) is 5.91 Å². The van der Waals surface area contributed by atoms with Crippen LogP contribution in [0.5, 0.6) is 5.75 Å². The number of amides is 1. The van der Waals surface area contributed by atoms with E-state index in [9.17, 15) is 4.79 Å². The van der Waals surface area contributed by atoms with Gasteiger partial charge in [0, 0.05) is 6.20 Å². The smallest absolute Gasteiger partial charge is 0.274 e. The predicted molar refractivity (Wildman–Crippen MR) is 96.3 cm³/mol. The highest BCUT2D eigenvalue weighted by molar-refractivity contribution is 5.94. The van der Waals surface area contributed by atoms with Crippen molar-refractivity contribution in [2.45, 2.75) is 0 Å². The number of hydrogen-bond acceptors (Lipinski definition) is 5. The number of nitriles is 1. The van der Waals surface area contributed by atoms with Crippen LogP contribution in [-0.2, 0) is 0 Å². The van der Waals surface area contributed by atoms with Crippen molar-refractivity contribution in [3.63, 3.8) is 0 Å². The lowest BCUT2D eigenvalue weighted by atomic mass is 10.2. The highest BCUT2D eigenvalue weighted by atomic mass is 16.5. The molecular weight excluding hydrogens is 330 g/mol. The molecule has 0 aliphatic heterocycles. The number of nitrogens with zero attached hydrogens (tertiary/aromatic N) is 4. The third-order valence-corrected chi connectivity index (χ3v) is 3.60. The molecule has 128 valence electrons. The first-order valence-corrected chi connectivity index (χ1v) is 7.72. The van der Waals surface area contributed by atoms with Crippen molar-refractivity contribution in [3.05, 3.63) is 77.6 Å². The van der Waals surface area contributed by atoms with Gasteiger partial charge in [-0.2, -0.15) is 15.5 Å². The van der Waals surface area contributed by atoms with Gasteiger partial charge in [0.1, 0.15) is 5.75 Å². The van der Waals surface area contributed by atoms with E-state index in [4.69, 9.17) is 10.00 Å². The number of hydrogen-bond donors (Lipinski definition) is 1. The molecule has 1 amide bonds. The summed E-state index contributed by atoms with van der Waals surface area (Å²) in [6.45, 7) is 0. The van der Waals surface area contributed by atoms with E-state index >= 15 is 0 Å². The normalized spacial score (nSPS) is 10.5.